The van der Waals surface area contributed by atoms with Crippen LogP contribution in [0.2, 0.25) is 0 Å². The van der Waals surface area contributed by atoms with Crippen LogP contribution in [0.25, 0.3) is 0 Å². The maximum absolute atomic E-state index is 10.4. The standard InChI is InChI=1S/C18H35NO/c1-5-14-6-9-16(10-7-14)19(4)17-12-15(13(2)3)8-11-18(17)20/h13-18,20H,5-12H2,1-4H3. The fourth-order valence-corrected chi connectivity index (χ4v) is 4.44. The summed E-state index contributed by atoms with van der Waals surface area (Å²) in [6.07, 6.45) is 10.1. The van der Waals surface area contributed by atoms with Crippen LogP contribution in [-0.4, -0.2) is 35.2 Å². The van der Waals surface area contributed by atoms with E-state index < -0.39 is 0 Å². The van der Waals surface area contributed by atoms with Crippen LogP contribution in [0.5, 0.6) is 0 Å². The minimum absolute atomic E-state index is 0.0982. The molecule has 2 aliphatic rings. The predicted octanol–water partition coefficient (Wildman–Crippen LogP) is 4.07. The molecule has 2 aliphatic carbocycles. The molecule has 20 heavy (non-hydrogen) atoms. The second kappa shape index (κ2) is 7.26. The van der Waals surface area contributed by atoms with Gasteiger partial charge in [-0.15, -0.1) is 0 Å². The van der Waals surface area contributed by atoms with Gasteiger partial charge >= 0.3 is 0 Å². The van der Waals surface area contributed by atoms with E-state index in [1.54, 1.807) is 0 Å². The highest BCUT2D eigenvalue weighted by Crippen LogP contribution is 2.36. The Labute approximate surface area is 125 Å². The van der Waals surface area contributed by atoms with Gasteiger partial charge in [0.15, 0.2) is 0 Å². The van der Waals surface area contributed by atoms with Crippen LogP contribution in [-0.2, 0) is 0 Å². The molecule has 3 unspecified atom stereocenters. The minimum Gasteiger partial charge on any atom is -0.391 e. The molecule has 0 aromatic carbocycles. The van der Waals surface area contributed by atoms with Crippen molar-refractivity contribution in [1.82, 2.24) is 4.90 Å². The van der Waals surface area contributed by atoms with E-state index in [2.05, 4.69) is 32.7 Å². The Hall–Kier alpha value is -0.0800. The summed E-state index contributed by atoms with van der Waals surface area (Å²) >= 11 is 0. The van der Waals surface area contributed by atoms with Crippen LogP contribution in [0.15, 0.2) is 0 Å². The van der Waals surface area contributed by atoms with Crippen molar-refractivity contribution in [3.8, 4) is 0 Å². The van der Waals surface area contributed by atoms with E-state index in [4.69, 9.17) is 0 Å². The Morgan fingerprint density at radius 3 is 2.25 bits per heavy atom. The molecule has 2 nitrogen and oxygen atoms in total. The van der Waals surface area contributed by atoms with E-state index in [1.807, 2.05) is 0 Å². The Morgan fingerprint density at radius 1 is 1.05 bits per heavy atom. The number of aliphatic hydroxyl groups excluding tert-OH is 1. The van der Waals surface area contributed by atoms with Gasteiger partial charge in [0.05, 0.1) is 6.10 Å². The van der Waals surface area contributed by atoms with Gasteiger partial charge in [0, 0.05) is 12.1 Å². The van der Waals surface area contributed by atoms with E-state index >= 15 is 0 Å². The van der Waals surface area contributed by atoms with Gasteiger partial charge in [0.25, 0.3) is 0 Å². The summed E-state index contributed by atoms with van der Waals surface area (Å²) in [7, 11) is 2.27. The third-order valence-corrected chi connectivity index (χ3v) is 6.26. The van der Waals surface area contributed by atoms with Gasteiger partial charge < -0.3 is 5.11 Å². The average Bonchev–Trinajstić information content (AvgIpc) is 2.47. The second-order valence-corrected chi connectivity index (χ2v) is 7.70. The number of aliphatic hydroxyl groups is 1. The Balaban J connectivity index is 1.91. The Kier molecular flexibility index (Phi) is 5.92. The van der Waals surface area contributed by atoms with Gasteiger partial charge in [-0.25, -0.2) is 0 Å². The van der Waals surface area contributed by atoms with Crippen LogP contribution in [0.4, 0.5) is 0 Å². The highest BCUT2D eigenvalue weighted by molar-refractivity contribution is 4.90. The third-order valence-electron chi connectivity index (χ3n) is 6.26. The highest BCUT2D eigenvalue weighted by Gasteiger charge is 2.36. The van der Waals surface area contributed by atoms with Crippen molar-refractivity contribution < 1.29 is 5.11 Å². The largest absolute Gasteiger partial charge is 0.391 e. The number of hydrogen-bond donors (Lipinski definition) is 1. The first-order valence-electron chi connectivity index (χ1n) is 8.92. The molecular weight excluding hydrogens is 246 g/mol. The molecule has 2 fully saturated rings. The third kappa shape index (κ3) is 3.76. The van der Waals surface area contributed by atoms with Crippen molar-refractivity contribution in [3.63, 3.8) is 0 Å². The smallest absolute Gasteiger partial charge is 0.0695 e. The van der Waals surface area contributed by atoms with E-state index in [-0.39, 0.29) is 6.10 Å². The maximum Gasteiger partial charge on any atom is 0.0695 e. The molecule has 118 valence electrons. The van der Waals surface area contributed by atoms with Gasteiger partial charge in [-0.1, -0.05) is 27.2 Å². The highest BCUT2D eigenvalue weighted by atomic mass is 16.3. The van der Waals surface area contributed by atoms with Gasteiger partial charge in [0.2, 0.25) is 0 Å². The van der Waals surface area contributed by atoms with E-state index in [0.29, 0.717) is 12.1 Å². The lowest BCUT2D eigenvalue weighted by Crippen LogP contribution is -2.51. The number of nitrogens with zero attached hydrogens (tertiary/aromatic N) is 1. The lowest BCUT2D eigenvalue weighted by molar-refractivity contribution is -0.0192. The molecule has 0 aromatic heterocycles. The molecule has 0 saturated heterocycles. The Morgan fingerprint density at radius 2 is 1.70 bits per heavy atom. The summed E-state index contributed by atoms with van der Waals surface area (Å²) in [5.41, 5.74) is 0. The fraction of sp³-hybridized carbons (Fsp3) is 1.00. The van der Waals surface area contributed by atoms with Crippen LogP contribution in [0.3, 0.4) is 0 Å². The minimum atomic E-state index is -0.0982. The number of likely N-dealkylation sites (N-methyl/N-ethyl adjacent to an activating group) is 1. The zero-order chi connectivity index (χ0) is 14.7. The summed E-state index contributed by atoms with van der Waals surface area (Å²) < 4.78 is 0. The maximum atomic E-state index is 10.4. The molecular formula is C18H35NO. The molecule has 0 spiro atoms. The molecule has 0 aromatic rings. The first-order chi connectivity index (χ1) is 9.52. The normalized spacial score (nSPS) is 39.5. The average molecular weight is 281 g/mol. The molecule has 0 amide bonds. The molecule has 0 radical (unpaired) electrons. The topological polar surface area (TPSA) is 23.5 Å². The van der Waals surface area contributed by atoms with Gasteiger partial charge in [-0.05, 0) is 69.7 Å². The molecule has 1 N–H and O–H groups in total. The lowest BCUT2D eigenvalue weighted by atomic mass is 9.76. The van der Waals surface area contributed by atoms with Gasteiger partial charge in [-0.3, -0.25) is 4.90 Å². The van der Waals surface area contributed by atoms with Crippen molar-refractivity contribution >= 4 is 0 Å². The molecule has 0 aliphatic heterocycles. The van der Waals surface area contributed by atoms with E-state index in [9.17, 15) is 5.11 Å². The lowest BCUT2D eigenvalue weighted by Gasteiger charge is -2.45. The van der Waals surface area contributed by atoms with E-state index in [0.717, 1.165) is 24.2 Å². The first kappa shape index (κ1) is 16.3. The van der Waals surface area contributed by atoms with Crippen molar-refractivity contribution in [1.29, 1.82) is 0 Å². The Bertz CT molecular complexity index is 283. The predicted molar refractivity (Wildman–Crippen MR) is 85.8 cm³/mol. The molecule has 0 bridgehead atoms. The van der Waals surface area contributed by atoms with Crippen LogP contribution >= 0.6 is 0 Å². The molecule has 2 rings (SSSR count). The van der Waals surface area contributed by atoms with Crippen molar-refractivity contribution in [3.05, 3.63) is 0 Å². The van der Waals surface area contributed by atoms with Crippen LogP contribution in [0.1, 0.15) is 72.1 Å². The number of hydrogen-bond acceptors (Lipinski definition) is 2. The summed E-state index contributed by atoms with van der Waals surface area (Å²) in [6, 6.07) is 1.11. The van der Waals surface area contributed by atoms with E-state index in [1.165, 1.54) is 44.9 Å². The van der Waals surface area contributed by atoms with Crippen molar-refractivity contribution in [2.24, 2.45) is 17.8 Å². The van der Waals surface area contributed by atoms with Gasteiger partial charge in [0.1, 0.15) is 0 Å². The zero-order valence-electron chi connectivity index (χ0n) is 14.0. The van der Waals surface area contributed by atoms with Gasteiger partial charge in [-0.2, -0.15) is 0 Å². The fourth-order valence-electron chi connectivity index (χ4n) is 4.44. The first-order valence-corrected chi connectivity index (χ1v) is 8.92. The van der Waals surface area contributed by atoms with Crippen molar-refractivity contribution in [2.45, 2.75) is 90.3 Å². The summed E-state index contributed by atoms with van der Waals surface area (Å²) in [5.74, 6) is 2.52. The number of rotatable bonds is 4. The molecule has 2 heteroatoms. The summed E-state index contributed by atoms with van der Waals surface area (Å²) in [6.45, 7) is 7.00. The summed E-state index contributed by atoms with van der Waals surface area (Å²) in [4.78, 5) is 2.55. The van der Waals surface area contributed by atoms with Crippen LogP contribution < -0.4 is 0 Å². The van der Waals surface area contributed by atoms with Crippen LogP contribution in [0, 0.1) is 17.8 Å². The quantitative estimate of drug-likeness (QED) is 0.839. The summed E-state index contributed by atoms with van der Waals surface area (Å²) in [5, 5.41) is 10.4. The SMILES string of the molecule is CCC1CCC(N(C)C2CC(C(C)C)CCC2O)CC1. The van der Waals surface area contributed by atoms with Crippen molar-refractivity contribution in [2.75, 3.05) is 7.05 Å². The molecule has 0 heterocycles. The molecule has 2 saturated carbocycles. The monoisotopic (exact) mass is 281 g/mol. The second-order valence-electron chi connectivity index (χ2n) is 7.70. The zero-order valence-corrected chi connectivity index (χ0v) is 14.0. The molecule has 3 atom stereocenters.